The summed E-state index contributed by atoms with van der Waals surface area (Å²) >= 11 is 0. The van der Waals surface area contributed by atoms with Crippen LogP contribution in [0.5, 0.6) is 0 Å². The zero-order chi connectivity index (χ0) is 14.4. The van der Waals surface area contributed by atoms with Gasteiger partial charge in [0, 0.05) is 29.9 Å². The summed E-state index contributed by atoms with van der Waals surface area (Å²) in [6.45, 7) is 3.23. The van der Waals surface area contributed by atoms with E-state index in [-0.39, 0.29) is 18.4 Å². The van der Waals surface area contributed by atoms with E-state index in [9.17, 15) is 14.7 Å². The highest BCUT2D eigenvalue weighted by molar-refractivity contribution is 5.89. The Hall–Kier alpha value is -2.30. The summed E-state index contributed by atoms with van der Waals surface area (Å²) in [5.74, 6) is -1.46. The van der Waals surface area contributed by atoms with Crippen LogP contribution in [0, 0.1) is 0 Å². The first-order chi connectivity index (χ1) is 9.50. The number of rotatable bonds is 1. The number of hydrogen-bond donors (Lipinski definition) is 1. The van der Waals surface area contributed by atoms with Gasteiger partial charge in [-0.3, -0.25) is 4.79 Å². The van der Waals surface area contributed by atoms with Gasteiger partial charge in [0.05, 0.1) is 18.1 Å². The van der Waals surface area contributed by atoms with Gasteiger partial charge in [-0.15, -0.1) is 0 Å². The summed E-state index contributed by atoms with van der Waals surface area (Å²) in [4.78, 5) is 27.8. The molecule has 1 aromatic heterocycles. The molecule has 0 fully saturated rings. The fourth-order valence-corrected chi connectivity index (χ4v) is 3.19. The number of benzene rings is 1. The van der Waals surface area contributed by atoms with Crippen molar-refractivity contribution in [3.63, 3.8) is 0 Å². The Morgan fingerprint density at radius 3 is 2.70 bits per heavy atom. The first kappa shape index (κ1) is 12.7. The van der Waals surface area contributed by atoms with Crippen molar-refractivity contribution in [3.05, 3.63) is 35.5 Å². The second-order valence-corrected chi connectivity index (χ2v) is 5.20. The fraction of sp³-hybridized carbons (Fsp3) is 0.333. The second kappa shape index (κ2) is 4.37. The molecule has 0 aliphatic carbocycles. The van der Waals surface area contributed by atoms with Gasteiger partial charge >= 0.3 is 0 Å². The lowest BCUT2D eigenvalue weighted by molar-refractivity contribution is -0.312. The molecule has 2 atom stereocenters. The number of amides is 1. The predicted octanol–water partition coefficient (Wildman–Crippen LogP) is 0.752. The smallest absolute Gasteiger partial charge is 0.220 e. The zero-order valence-electron chi connectivity index (χ0n) is 11.3. The van der Waals surface area contributed by atoms with Crippen LogP contribution in [0.3, 0.4) is 0 Å². The summed E-state index contributed by atoms with van der Waals surface area (Å²) in [7, 11) is 0. The van der Waals surface area contributed by atoms with E-state index in [4.69, 9.17) is 0 Å². The molecule has 104 valence electrons. The van der Waals surface area contributed by atoms with Gasteiger partial charge in [-0.1, -0.05) is 18.2 Å². The van der Waals surface area contributed by atoms with Crippen LogP contribution >= 0.6 is 0 Å². The van der Waals surface area contributed by atoms with Gasteiger partial charge in [0.1, 0.15) is 0 Å². The molecule has 1 amide bonds. The fourth-order valence-electron chi connectivity index (χ4n) is 3.19. The largest absolute Gasteiger partial charge is 0.548 e. The number of aromatic nitrogens is 1. The SMILES string of the molecule is CC(=O)N1[C@@H](C(=O)[O-])Cc2c([nH]c3ccccc23)[C@@H]1C. The number of hydrogen-bond acceptors (Lipinski definition) is 3. The Labute approximate surface area is 116 Å². The van der Waals surface area contributed by atoms with Gasteiger partial charge < -0.3 is 19.8 Å². The summed E-state index contributed by atoms with van der Waals surface area (Å²) < 4.78 is 0. The third-order valence-electron chi connectivity index (χ3n) is 4.05. The minimum Gasteiger partial charge on any atom is -0.548 e. The maximum atomic E-state index is 11.8. The molecule has 5 heteroatoms. The highest BCUT2D eigenvalue weighted by Gasteiger charge is 2.36. The van der Waals surface area contributed by atoms with Crippen molar-refractivity contribution in [2.24, 2.45) is 0 Å². The lowest BCUT2D eigenvalue weighted by atomic mass is 9.92. The maximum absolute atomic E-state index is 11.8. The molecular weight excluding hydrogens is 256 g/mol. The first-order valence-electron chi connectivity index (χ1n) is 6.60. The van der Waals surface area contributed by atoms with Gasteiger partial charge in [-0.25, -0.2) is 0 Å². The predicted molar refractivity (Wildman–Crippen MR) is 71.7 cm³/mol. The molecule has 0 saturated carbocycles. The first-order valence-corrected chi connectivity index (χ1v) is 6.60. The molecule has 1 aromatic carbocycles. The molecule has 5 nitrogen and oxygen atoms in total. The number of H-pyrrole nitrogens is 1. The van der Waals surface area contributed by atoms with Crippen LogP contribution in [0.15, 0.2) is 24.3 Å². The van der Waals surface area contributed by atoms with E-state index < -0.39 is 12.0 Å². The Morgan fingerprint density at radius 2 is 2.05 bits per heavy atom. The van der Waals surface area contributed by atoms with E-state index in [0.29, 0.717) is 0 Å². The van der Waals surface area contributed by atoms with Crippen molar-refractivity contribution < 1.29 is 14.7 Å². The van der Waals surface area contributed by atoms with Crippen LogP contribution in [0.25, 0.3) is 10.9 Å². The number of aromatic amines is 1. The molecule has 0 spiro atoms. The molecule has 2 aromatic rings. The molecule has 0 radical (unpaired) electrons. The topological polar surface area (TPSA) is 76.2 Å². The number of carbonyl (C=O) groups excluding carboxylic acids is 2. The maximum Gasteiger partial charge on any atom is 0.220 e. The Balaban J connectivity index is 2.20. The number of nitrogens with zero attached hydrogens (tertiary/aromatic N) is 1. The van der Waals surface area contributed by atoms with E-state index in [1.807, 2.05) is 31.2 Å². The van der Waals surface area contributed by atoms with E-state index in [1.165, 1.54) is 11.8 Å². The van der Waals surface area contributed by atoms with Crippen LogP contribution in [0.4, 0.5) is 0 Å². The Morgan fingerprint density at radius 1 is 1.35 bits per heavy atom. The van der Waals surface area contributed by atoms with E-state index in [2.05, 4.69) is 4.98 Å². The minimum absolute atomic E-state index is 0.254. The monoisotopic (exact) mass is 271 g/mol. The van der Waals surface area contributed by atoms with Crippen LogP contribution in [0.2, 0.25) is 0 Å². The van der Waals surface area contributed by atoms with Crippen LogP contribution in [0.1, 0.15) is 31.1 Å². The molecule has 1 aliphatic heterocycles. The van der Waals surface area contributed by atoms with E-state index in [0.717, 1.165) is 22.2 Å². The van der Waals surface area contributed by atoms with Crippen LogP contribution < -0.4 is 5.11 Å². The van der Waals surface area contributed by atoms with E-state index >= 15 is 0 Å². The van der Waals surface area contributed by atoms with Crippen molar-refractivity contribution in [2.45, 2.75) is 32.4 Å². The quantitative estimate of drug-likeness (QED) is 0.831. The summed E-state index contributed by atoms with van der Waals surface area (Å²) in [6, 6.07) is 6.56. The van der Waals surface area contributed by atoms with Gasteiger partial charge in [0.15, 0.2) is 0 Å². The standard InChI is InChI=1S/C15H16N2O3/c1-8-14-11(10-5-3-4-6-12(10)16-14)7-13(15(19)20)17(8)9(2)18/h3-6,8,13,16H,7H2,1-2H3,(H,19,20)/p-1/t8-,13+/m0/s1. The molecule has 0 saturated heterocycles. The molecular formula is C15H15N2O3-. The molecule has 0 unspecified atom stereocenters. The van der Waals surface area contributed by atoms with Crippen LogP contribution in [-0.2, 0) is 16.0 Å². The highest BCUT2D eigenvalue weighted by Crippen LogP contribution is 2.36. The van der Waals surface area contributed by atoms with Crippen molar-refractivity contribution in [2.75, 3.05) is 0 Å². The number of carbonyl (C=O) groups is 2. The van der Waals surface area contributed by atoms with Gasteiger partial charge in [-0.05, 0) is 18.6 Å². The normalized spacial score (nSPS) is 21.8. The molecule has 1 aliphatic rings. The van der Waals surface area contributed by atoms with Gasteiger partial charge in [-0.2, -0.15) is 0 Å². The third-order valence-corrected chi connectivity index (χ3v) is 4.05. The minimum atomic E-state index is -1.21. The number of aliphatic carboxylic acids is 1. The molecule has 20 heavy (non-hydrogen) atoms. The number of carboxylic acids is 1. The van der Waals surface area contributed by atoms with Crippen molar-refractivity contribution in [1.82, 2.24) is 9.88 Å². The number of para-hydroxylation sites is 1. The Kier molecular flexibility index (Phi) is 2.78. The number of nitrogens with one attached hydrogen (secondary N) is 1. The van der Waals surface area contributed by atoms with E-state index in [1.54, 1.807) is 0 Å². The second-order valence-electron chi connectivity index (χ2n) is 5.20. The van der Waals surface area contributed by atoms with Crippen molar-refractivity contribution in [3.8, 4) is 0 Å². The molecule has 1 N–H and O–H groups in total. The summed E-state index contributed by atoms with van der Waals surface area (Å²) in [5, 5.41) is 12.4. The third kappa shape index (κ3) is 1.70. The molecule has 3 rings (SSSR count). The lowest BCUT2D eigenvalue weighted by Gasteiger charge is -2.40. The zero-order valence-corrected chi connectivity index (χ0v) is 11.3. The highest BCUT2D eigenvalue weighted by atomic mass is 16.4. The molecule has 2 heterocycles. The van der Waals surface area contributed by atoms with Crippen molar-refractivity contribution in [1.29, 1.82) is 0 Å². The summed E-state index contributed by atoms with van der Waals surface area (Å²) in [6.07, 6.45) is 0.283. The molecule has 0 bridgehead atoms. The number of carboxylic acid groups (broad SMARTS) is 1. The summed E-state index contributed by atoms with van der Waals surface area (Å²) in [5.41, 5.74) is 2.85. The lowest BCUT2D eigenvalue weighted by Crippen LogP contribution is -2.54. The average Bonchev–Trinajstić information content (AvgIpc) is 2.77. The van der Waals surface area contributed by atoms with Gasteiger partial charge in [0.25, 0.3) is 0 Å². The van der Waals surface area contributed by atoms with Crippen LogP contribution in [-0.4, -0.2) is 27.8 Å². The van der Waals surface area contributed by atoms with Crippen molar-refractivity contribution >= 4 is 22.8 Å². The number of fused-ring (bicyclic) bond motifs is 3. The Bertz CT molecular complexity index is 704. The average molecular weight is 271 g/mol. The van der Waals surface area contributed by atoms with Gasteiger partial charge in [0.2, 0.25) is 5.91 Å².